The first-order valence-electron chi connectivity index (χ1n) is 6.35. The Labute approximate surface area is 122 Å². The zero-order valence-corrected chi connectivity index (χ0v) is 11.5. The Morgan fingerprint density at radius 2 is 1.90 bits per heavy atom. The summed E-state index contributed by atoms with van der Waals surface area (Å²) in [7, 11) is 0. The lowest BCUT2D eigenvalue weighted by molar-refractivity contribution is 0.222. The van der Waals surface area contributed by atoms with Crippen molar-refractivity contribution in [2.45, 2.75) is 0 Å². The van der Waals surface area contributed by atoms with Gasteiger partial charge in [0.05, 0.1) is 5.69 Å². The summed E-state index contributed by atoms with van der Waals surface area (Å²) in [6.07, 6.45) is 4.84. The van der Waals surface area contributed by atoms with E-state index in [9.17, 15) is 4.79 Å². The number of carbonyl (C=O) groups is 1. The van der Waals surface area contributed by atoms with Crippen LogP contribution in [0.25, 0.3) is 5.69 Å². The number of nitrogens with zero attached hydrogens (tertiary/aromatic N) is 5. The summed E-state index contributed by atoms with van der Waals surface area (Å²) >= 11 is 0. The molecule has 21 heavy (non-hydrogen) atoms. The molecular weight excluding hydrogens is 268 g/mol. The van der Waals surface area contributed by atoms with Crippen LogP contribution in [0.2, 0.25) is 0 Å². The number of carbonyl (C=O) groups excluding carboxylic acids is 1. The number of benzene rings is 1. The monoisotopic (exact) mass is 284 g/mol. The van der Waals surface area contributed by atoms with Gasteiger partial charge in [-0.2, -0.15) is 0 Å². The van der Waals surface area contributed by atoms with Gasteiger partial charge in [0, 0.05) is 18.8 Å². The smallest absolute Gasteiger partial charge is 0.317 e. The van der Waals surface area contributed by atoms with E-state index in [-0.39, 0.29) is 6.03 Å². The van der Waals surface area contributed by atoms with Crippen molar-refractivity contribution in [1.29, 1.82) is 0 Å². The third-order valence-corrected chi connectivity index (χ3v) is 2.72. The van der Waals surface area contributed by atoms with Crippen LogP contribution in [0.4, 0.5) is 10.5 Å². The molecule has 1 N–H and O–H groups in total. The van der Waals surface area contributed by atoms with Crippen LogP contribution in [0, 0.1) is 0 Å². The van der Waals surface area contributed by atoms with Gasteiger partial charge in [0.25, 0.3) is 0 Å². The predicted octanol–water partition coefficient (Wildman–Crippen LogP) is 1.87. The number of hydrogen-bond acceptors (Lipinski definition) is 4. The molecule has 1 aromatic heterocycles. The molecule has 0 aliphatic heterocycles. The quantitative estimate of drug-likeness (QED) is 0.822. The van der Waals surface area contributed by atoms with Gasteiger partial charge in [0.15, 0.2) is 0 Å². The number of urea groups is 1. The second-order valence-corrected chi connectivity index (χ2v) is 4.21. The van der Waals surface area contributed by atoms with E-state index in [0.717, 1.165) is 5.69 Å². The number of tetrazole rings is 1. The minimum Gasteiger partial charge on any atom is -0.317 e. The summed E-state index contributed by atoms with van der Waals surface area (Å²) in [4.78, 5) is 13.7. The average molecular weight is 284 g/mol. The van der Waals surface area contributed by atoms with Crippen LogP contribution in [-0.2, 0) is 0 Å². The summed E-state index contributed by atoms with van der Waals surface area (Å²) in [5.41, 5.74) is 1.50. The summed E-state index contributed by atoms with van der Waals surface area (Å²) in [6.45, 7) is 8.19. The van der Waals surface area contributed by atoms with E-state index >= 15 is 0 Å². The topological polar surface area (TPSA) is 75.9 Å². The minimum absolute atomic E-state index is 0.204. The number of nitrogens with one attached hydrogen (secondary N) is 1. The lowest BCUT2D eigenvalue weighted by Gasteiger charge is -2.19. The van der Waals surface area contributed by atoms with Crippen molar-refractivity contribution in [3.05, 3.63) is 55.9 Å². The molecule has 1 heterocycles. The highest BCUT2D eigenvalue weighted by molar-refractivity contribution is 5.89. The molecular formula is C14H16N6O. The van der Waals surface area contributed by atoms with Gasteiger partial charge in [0.1, 0.15) is 6.33 Å². The summed E-state index contributed by atoms with van der Waals surface area (Å²) in [5.74, 6) is 0. The highest BCUT2D eigenvalue weighted by atomic mass is 16.2. The van der Waals surface area contributed by atoms with Crippen molar-refractivity contribution in [2.75, 3.05) is 18.4 Å². The van der Waals surface area contributed by atoms with Gasteiger partial charge in [-0.05, 0) is 34.7 Å². The largest absolute Gasteiger partial charge is 0.322 e. The molecule has 1 aromatic carbocycles. The number of rotatable bonds is 6. The molecule has 0 fully saturated rings. The SMILES string of the molecule is C=CCN(CC=C)C(=O)Nc1ccc(-n2cnnn2)cc1. The predicted molar refractivity (Wildman–Crippen MR) is 80.1 cm³/mol. The van der Waals surface area contributed by atoms with Gasteiger partial charge in [-0.1, -0.05) is 12.2 Å². The molecule has 0 saturated heterocycles. The highest BCUT2D eigenvalue weighted by Gasteiger charge is 2.10. The molecule has 0 atom stereocenters. The summed E-state index contributed by atoms with van der Waals surface area (Å²) in [6, 6.07) is 7.00. The van der Waals surface area contributed by atoms with Crippen LogP contribution < -0.4 is 5.32 Å². The van der Waals surface area contributed by atoms with Crippen LogP contribution in [0.1, 0.15) is 0 Å². The fraction of sp³-hybridized carbons (Fsp3) is 0.143. The third kappa shape index (κ3) is 3.75. The summed E-state index contributed by atoms with van der Waals surface area (Å²) < 4.78 is 1.54. The summed E-state index contributed by atoms with van der Waals surface area (Å²) in [5, 5.41) is 13.7. The molecule has 0 aliphatic rings. The highest BCUT2D eigenvalue weighted by Crippen LogP contribution is 2.12. The van der Waals surface area contributed by atoms with Gasteiger partial charge in [0.2, 0.25) is 0 Å². The van der Waals surface area contributed by atoms with Crippen molar-refractivity contribution in [2.24, 2.45) is 0 Å². The van der Waals surface area contributed by atoms with Gasteiger partial charge in [-0.25, -0.2) is 9.48 Å². The Balaban J connectivity index is 2.03. The first kappa shape index (κ1) is 14.4. The Hall–Kier alpha value is -2.96. The van der Waals surface area contributed by atoms with Crippen molar-refractivity contribution in [3.63, 3.8) is 0 Å². The maximum atomic E-state index is 12.1. The zero-order chi connectivity index (χ0) is 15.1. The molecule has 7 nitrogen and oxygen atoms in total. The fourth-order valence-corrected chi connectivity index (χ4v) is 1.73. The maximum Gasteiger partial charge on any atom is 0.322 e. The van der Waals surface area contributed by atoms with Crippen molar-refractivity contribution in [1.82, 2.24) is 25.1 Å². The van der Waals surface area contributed by atoms with E-state index in [1.54, 1.807) is 29.2 Å². The lowest BCUT2D eigenvalue weighted by Crippen LogP contribution is -2.35. The minimum atomic E-state index is -0.204. The molecule has 0 spiro atoms. The van der Waals surface area contributed by atoms with Crippen LogP contribution in [0.3, 0.4) is 0 Å². The number of aromatic nitrogens is 4. The van der Waals surface area contributed by atoms with Crippen molar-refractivity contribution >= 4 is 11.7 Å². The van der Waals surface area contributed by atoms with Gasteiger partial charge in [-0.15, -0.1) is 18.3 Å². The molecule has 0 radical (unpaired) electrons. The molecule has 7 heteroatoms. The average Bonchev–Trinajstić information content (AvgIpc) is 3.02. The molecule has 0 saturated carbocycles. The van der Waals surface area contributed by atoms with E-state index in [0.29, 0.717) is 18.8 Å². The first-order valence-corrected chi connectivity index (χ1v) is 6.35. The Bertz CT molecular complexity index is 595. The normalized spacial score (nSPS) is 9.90. The van der Waals surface area contributed by atoms with Crippen LogP contribution in [0.15, 0.2) is 55.9 Å². The fourth-order valence-electron chi connectivity index (χ4n) is 1.73. The molecule has 2 amide bonds. The van der Waals surface area contributed by atoms with E-state index in [2.05, 4.69) is 34.0 Å². The Morgan fingerprint density at radius 1 is 1.24 bits per heavy atom. The van der Waals surface area contributed by atoms with Gasteiger partial charge in [-0.3, -0.25) is 0 Å². The van der Waals surface area contributed by atoms with Crippen LogP contribution >= 0.6 is 0 Å². The van der Waals surface area contributed by atoms with Crippen LogP contribution in [0.5, 0.6) is 0 Å². The first-order chi connectivity index (χ1) is 10.2. The Kier molecular flexibility index (Phi) is 4.81. The van der Waals surface area contributed by atoms with Crippen LogP contribution in [-0.4, -0.2) is 44.2 Å². The molecule has 2 rings (SSSR count). The number of amides is 2. The van der Waals surface area contributed by atoms with E-state index in [1.165, 1.54) is 11.0 Å². The second kappa shape index (κ2) is 6.99. The number of hydrogen-bond donors (Lipinski definition) is 1. The molecule has 0 aliphatic carbocycles. The second-order valence-electron chi connectivity index (χ2n) is 4.21. The van der Waals surface area contributed by atoms with Gasteiger partial charge < -0.3 is 10.2 Å². The van der Waals surface area contributed by atoms with E-state index in [1.807, 2.05) is 12.1 Å². The van der Waals surface area contributed by atoms with Gasteiger partial charge >= 0.3 is 6.03 Å². The number of anilines is 1. The van der Waals surface area contributed by atoms with Crippen molar-refractivity contribution in [3.8, 4) is 5.69 Å². The maximum absolute atomic E-state index is 12.1. The molecule has 108 valence electrons. The zero-order valence-electron chi connectivity index (χ0n) is 11.5. The molecule has 0 unspecified atom stereocenters. The lowest BCUT2D eigenvalue weighted by atomic mass is 10.3. The van der Waals surface area contributed by atoms with E-state index in [4.69, 9.17) is 0 Å². The molecule has 0 bridgehead atoms. The van der Waals surface area contributed by atoms with Crippen molar-refractivity contribution < 1.29 is 4.79 Å². The Morgan fingerprint density at radius 3 is 2.43 bits per heavy atom. The molecule has 2 aromatic rings. The van der Waals surface area contributed by atoms with E-state index < -0.39 is 0 Å². The third-order valence-electron chi connectivity index (χ3n) is 2.72. The standard InChI is InChI=1S/C14H16N6O/c1-3-9-19(10-4-2)14(21)16-12-5-7-13(8-6-12)20-11-15-17-18-20/h3-8,11H,1-2,9-10H2,(H,16,21).